The van der Waals surface area contributed by atoms with Crippen LogP contribution < -0.4 is 4.72 Å². The number of hydrogen-bond donors (Lipinski definition) is 1. The van der Waals surface area contributed by atoms with Crippen molar-refractivity contribution in [2.45, 2.75) is 6.92 Å². The number of hydrogen-bond acceptors (Lipinski definition) is 3. The Morgan fingerprint density at radius 1 is 1.43 bits per heavy atom. The van der Waals surface area contributed by atoms with E-state index < -0.39 is 10.2 Å². The molecule has 0 aliphatic carbocycles. The summed E-state index contributed by atoms with van der Waals surface area (Å²) in [5, 5.41) is 0. The lowest BCUT2D eigenvalue weighted by atomic mass is 10.3. The molecule has 0 aliphatic rings. The van der Waals surface area contributed by atoms with Gasteiger partial charge >= 0.3 is 10.2 Å². The van der Waals surface area contributed by atoms with Crippen LogP contribution in [0.2, 0.25) is 0 Å². The second-order valence-corrected chi connectivity index (χ2v) is 4.99. The Kier molecular flexibility index (Phi) is 3.07. The molecular weight excluding hydrogens is 202 g/mol. The smallest absolute Gasteiger partial charge is 0.254 e. The summed E-state index contributed by atoms with van der Waals surface area (Å²) in [6.45, 7) is 1.87. The van der Waals surface area contributed by atoms with Gasteiger partial charge in [0.05, 0.1) is 0 Å². The van der Waals surface area contributed by atoms with Gasteiger partial charge in [0.1, 0.15) is 5.82 Å². The summed E-state index contributed by atoms with van der Waals surface area (Å²) in [6, 6.07) is 3.47. The fourth-order valence-electron chi connectivity index (χ4n) is 0.815. The Morgan fingerprint density at radius 3 is 2.57 bits per heavy atom. The molecule has 5 nitrogen and oxygen atoms in total. The Hall–Kier alpha value is -1.14. The summed E-state index contributed by atoms with van der Waals surface area (Å²) in [6.07, 6.45) is 1.56. The molecule has 0 aromatic carbocycles. The largest absolute Gasteiger partial charge is 0.302 e. The van der Waals surface area contributed by atoms with Crippen LogP contribution in [-0.2, 0) is 10.2 Å². The fourth-order valence-corrected chi connectivity index (χ4v) is 1.37. The first kappa shape index (κ1) is 10.9. The number of nitrogens with one attached hydrogen (secondary N) is 1. The first-order valence-corrected chi connectivity index (χ1v) is 5.49. The van der Waals surface area contributed by atoms with Crippen molar-refractivity contribution in [3.05, 3.63) is 23.9 Å². The molecule has 78 valence electrons. The van der Waals surface area contributed by atoms with Crippen molar-refractivity contribution in [1.29, 1.82) is 0 Å². The quantitative estimate of drug-likeness (QED) is 0.803. The van der Waals surface area contributed by atoms with Gasteiger partial charge in [-0.2, -0.15) is 12.7 Å². The van der Waals surface area contributed by atoms with E-state index in [1.165, 1.54) is 14.1 Å². The zero-order chi connectivity index (χ0) is 10.8. The lowest BCUT2D eigenvalue weighted by Crippen LogP contribution is -2.29. The minimum atomic E-state index is -3.45. The van der Waals surface area contributed by atoms with Gasteiger partial charge in [-0.1, -0.05) is 0 Å². The molecule has 0 atom stereocenters. The van der Waals surface area contributed by atoms with Gasteiger partial charge in [-0.05, 0) is 24.6 Å². The SMILES string of the molecule is Cc1ccnc(NS(=O)(=O)N(C)C)c1. The predicted molar refractivity (Wildman–Crippen MR) is 55.2 cm³/mol. The Balaban J connectivity index is 2.90. The van der Waals surface area contributed by atoms with Gasteiger partial charge in [-0.15, -0.1) is 0 Å². The van der Waals surface area contributed by atoms with Crippen LogP contribution in [0, 0.1) is 6.92 Å². The summed E-state index contributed by atoms with van der Waals surface area (Å²) in [7, 11) is -0.534. The Bertz CT molecular complexity index is 414. The summed E-state index contributed by atoms with van der Waals surface area (Å²) in [5.74, 6) is 0.332. The molecule has 0 radical (unpaired) electrons. The van der Waals surface area contributed by atoms with Gasteiger partial charge in [0, 0.05) is 20.3 Å². The third kappa shape index (κ3) is 2.68. The second kappa shape index (κ2) is 3.93. The molecular formula is C8H13N3O2S. The topological polar surface area (TPSA) is 62.3 Å². The van der Waals surface area contributed by atoms with Gasteiger partial charge in [0.15, 0.2) is 0 Å². The number of nitrogens with zero attached hydrogens (tertiary/aromatic N) is 2. The second-order valence-electron chi connectivity index (χ2n) is 3.11. The lowest BCUT2D eigenvalue weighted by Gasteiger charge is -2.12. The summed E-state index contributed by atoms with van der Waals surface area (Å²) in [4.78, 5) is 3.89. The monoisotopic (exact) mass is 215 g/mol. The van der Waals surface area contributed by atoms with Crippen LogP contribution in [-0.4, -0.2) is 31.8 Å². The zero-order valence-electron chi connectivity index (χ0n) is 8.35. The van der Waals surface area contributed by atoms with Gasteiger partial charge in [-0.3, -0.25) is 4.72 Å². The highest BCUT2D eigenvalue weighted by molar-refractivity contribution is 7.90. The molecule has 0 aliphatic heterocycles. The molecule has 0 bridgehead atoms. The minimum absolute atomic E-state index is 0.332. The van der Waals surface area contributed by atoms with E-state index in [1.54, 1.807) is 18.3 Å². The van der Waals surface area contributed by atoms with E-state index in [-0.39, 0.29) is 0 Å². The average molecular weight is 215 g/mol. The first-order valence-electron chi connectivity index (χ1n) is 4.05. The van der Waals surface area contributed by atoms with Crippen LogP contribution in [0.25, 0.3) is 0 Å². The maximum absolute atomic E-state index is 11.4. The molecule has 1 aromatic rings. The molecule has 6 heteroatoms. The number of pyridine rings is 1. The van der Waals surface area contributed by atoms with Gasteiger partial charge in [0.2, 0.25) is 0 Å². The molecule has 1 N–H and O–H groups in total. The maximum atomic E-state index is 11.4. The first-order chi connectivity index (χ1) is 6.42. The van der Waals surface area contributed by atoms with Crippen molar-refractivity contribution in [3.8, 4) is 0 Å². The molecule has 1 rings (SSSR count). The van der Waals surface area contributed by atoms with Crippen molar-refractivity contribution in [2.24, 2.45) is 0 Å². The van der Waals surface area contributed by atoms with Crippen molar-refractivity contribution < 1.29 is 8.42 Å². The van der Waals surface area contributed by atoms with Gasteiger partial charge in [0.25, 0.3) is 0 Å². The molecule has 0 fully saturated rings. The van der Waals surface area contributed by atoms with Crippen molar-refractivity contribution >= 4 is 16.0 Å². The summed E-state index contributed by atoms with van der Waals surface area (Å²) >= 11 is 0. The Labute approximate surface area is 84.0 Å². The van der Waals surface area contributed by atoms with Crippen LogP contribution in [0.5, 0.6) is 0 Å². The summed E-state index contributed by atoms with van der Waals surface area (Å²) in [5.41, 5.74) is 0.955. The fraction of sp³-hybridized carbons (Fsp3) is 0.375. The zero-order valence-corrected chi connectivity index (χ0v) is 9.17. The van der Waals surface area contributed by atoms with E-state index in [9.17, 15) is 8.42 Å². The van der Waals surface area contributed by atoms with Crippen molar-refractivity contribution in [2.75, 3.05) is 18.8 Å². The maximum Gasteiger partial charge on any atom is 0.302 e. The van der Waals surface area contributed by atoms with Crippen molar-refractivity contribution in [1.82, 2.24) is 9.29 Å². The Morgan fingerprint density at radius 2 is 2.07 bits per heavy atom. The molecule has 0 amide bonds. The normalized spacial score (nSPS) is 11.7. The number of aromatic nitrogens is 1. The minimum Gasteiger partial charge on any atom is -0.254 e. The number of anilines is 1. The van der Waals surface area contributed by atoms with Crippen LogP contribution in [0.3, 0.4) is 0 Å². The highest BCUT2D eigenvalue weighted by atomic mass is 32.2. The average Bonchev–Trinajstić information content (AvgIpc) is 2.02. The molecule has 0 saturated heterocycles. The molecule has 0 spiro atoms. The van der Waals surface area contributed by atoms with Crippen LogP contribution in [0.4, 0.5) is 5.82 Å². The van der Waals surface area contributed by atoms with Crippen LogP contribution >= 0.6 is 0 Å². The molecule has 0 saturated carbocycles. The van der Waals surface area contributed by atoms with Gasteiger partial charge in [-0.25, -0.2) is 4.98 Å². The highest BCUT2D eigenvalue weighted by Crippen LogP contribution is 2.08. The highest BCUT2D eigenvalue weighted by Gasteiger charge is 2.13. The van der Waals surface area contributed by atoms with Crippen LogP contribution in [0.15, 0.2) is 18.3 Å². The van der Waals surface area contributed by atoms with Crippen LogP contribution in [0.1, 0.15) is 5.56 Å². The third-order valence-corrected chi connectivity index (χ3v) is 3.06. The standard InChI is InChI=1S/C8H13N3O2S/c1-7-4-5-9-8(6-7)10-14(12,13)11(2)3/h4-6H,1-3H3,(H,9,10). The number of aryl methyl sites for hydroxylation is 1. The molecule has 1 aromatic heterocycles. The molecule has 0 unspecified atom stereocenters. The van der Waals surface area contributed by atoms with E-state index in [2.05, 4.69) is 9.71 Å². The van der Waals surface area contributed by atoms with E-state index in [0.717, 1.165) is 9.87 Å². The number of rotatable bonds is 3. The lowest BCUT2D eigenvalue weighted by molar-refractivity contribution is 0.526. The third-order valence-electron chi connectivity index (χ3n) is 1.63. The van der Waals surface area contributed by atoms with E-state index in [1.807, 2.05) is 6.92 Å². The van der Waals surface area contributed by atoms with Crippen molar-refractivity contribution in [3.63, 3.8) is 0 Å². The van der Waals surface area contributed by atoms with E-state index in [0.29, 0.717) is 5.82 Å². The van der Waals surface area contributed by atoms with Gasteiger partial charge < -0.3 is 0 Å². The molecule has 14 heavy (non-hydrogen) atoms. The summed E-state index contributed by atoms with van der Waals surface area (Å²) < 4.78 is 26.2. The van der Waals surface area contributed by atoms with E-state index >= 15 is 0 Å². The van der Waals surface area contributed by atoms with E-state index in [4.69, 9.17) is 0 Å². The predicted octanol–water partition coefficient (Wildman–Crippen LogP) is 0.608. The molecule has 1 heterocycles.